The Kier molecular flexibility index (Phi) is 11.5. The van der Waals surface area contributed by atoms with Gasteiger partial charge in [-0.05, 0) is 0 Å². The minimum absolute atomic E-state index is 0. The zero-order valence-corrected chi connectivity index (χ0v) is 10.7. The number of carboxylic acid groups (broad SMARTS) is 1. The first-order chi connectivity index (χ1) is 5.13. The van der Waals surface area contributed by atoms with Crippen LogP contribution in [0.2, 0.25) is 0 Å². The molecule has 0 aliphatic heterocycles. The van der Waals surface area contributed by atoms with Crippen molar-refractivity contribution in [2.24, 2.45) is 0 Å². The molecule has 4 heteroatoms. The van der Waals surface area contributed by atoms with E-state index in [9.17, 15) is 0 Å². The number of aryl methyl sites for hydroxylation is 1. The Hall–Kier alpha value is 0.256. The molecule has 0 amide bonds. The second-order valence-electron chi connectivity index (χ2n) is 1.98. The Labute approximate surface area is 115 Å². The standard InChI is InChI=1S/C6H6N.C2H4O2.K/c1-6-3-2-4-7-5-6;1-2(3)4;/h2-3,5H,1H3;1H3,(H,3,4);/q-1;;+1. The summed E-state index contributed by atoms with van der Waals surface area (Å²) in [5.41, 5.74) is 1.18. The van der Waals surface area contributed by atoms with Crippen molar-refractivity contribution in [3.63, 3.8) is 0 Å². The SMILES string of the molecule is CC(=O)O.Cc1cc[c-]nc1.[K+]. The van der Waals surface area contributed by atoms with Crippen molar-refractivity contribution in [1.29, 1.82) is 0 Å². The summed E-state index contributed by atoms with van der Waals surface area (Å²) in [6.45, 7) is 3.08. The molecule has 0 radical (unpaired) electrons. The summed E-state index contributed by atoms with van der Waals surface area (Å²) in [5.74, 6) is -0.833. The summed E-state index contributed by atoms with van der Waals surface area (Å²) in [6.07, 6.45) is 4.46. The number of hydrogen-bond acceptors (Lipinski definition) is 2. The van der Waals surface area contributed by atoms with Gasteiger partial charge in [0.25, 0.3) is 5.97 Å². The van der Waals surface area contributed by atoms with E-state index in [1.54, 1.807) is 12.3 Å². The molecule has 0 aliphatic rings. The molecule has 60 valence electrons. The van der Waals surface area contributed by atoms with Gasteiger partial charge in [0.15, 0.2) is 0 Å². The first-order valence-electron chi connectivity index (χ1n) is 3.11. The van der Waals surface area contributed by atoms with Crippen LogP contribution in [0.3, 0.4) is 0 Å². The molecule has 0 aliphatic carbocycles. The van der Waals surface area contributed by atoms with Crippen LogP contribution in [0.1, 0.15) is 12.5 Å². The molecule has 1 heterocycles. The van der Waals surface area contributed by atoms with Gasteiger partial charge < -0.3 is 10.1 Å². The number of hydrogen-bond donors (Lipinski definition) is 1. The predicted octanol–water partition coefficient (Wildman–Crippen LogP) is -1.71. The maximum atomic E-state index is 9.00. The van der Waals surface area contributed by atoms with E-state index in [2.05, 4.69) is 11.2 Å². The number of rotatable bonds is 0. The number of carbonyl (C=O) groups is 1. The molecule has 0 atom stereocenters. The van der Waals surface area contributed by atoms with Gasteiger partial charge in [-0.25, -0.2) is 0 Å². The third kappa shape index (κ3) is 12.9. The van der Waals surface area contributed by atoms with Crippen LogP contribution in [0.5, 0.6) is 0 Å². The molecular weight excluding hydrogens is 181 g/mol. The second-order valence-corrected chi connectivity index (χ2v) is 1.98. The zero-order valence-electron chi connectivity index (χ0n) is 7.53. The van der Waals surface area contributed by atoms with Gasteiger partial charge in [0.2, 0.25) is 0 Å². The topological polar surface area (TPSA) is 50.2 Å². The summed E-state index contributed by atoms with van der Waals surface area (Å²) in [4.78, 5) is 12.8. The molecule has 0 saturated heterocycles. The van der Waals surface area contributed by atoms with E-state index in [-0.39, 0.29) is 51.4 Å². The average Bonchev–Trinajstić information content (AvgIpc) is 1.87. The maximum Gasteiger partial charge on any atom is 1.00 e. The predicted molar refractivity (Wildman–Crippen MR) is 41.1 cm³/mol. The molecule has 0 spiro atoms. The third-order valence-corrected chi connectivity index (χ3v) is 0.763. The van der Waals surface area contributed by atoms with Crippen molar-refractivity contribution >= 4 is 5.97 Å². The molecule has 0 fully saturated rings. The summed E-state index contributed by atoms with van der Waals surface area (Å²) in [7, 11) is 0. The van der Waals surface area contributed by atoms with Crippen molar-refractivity contribution in [2.75, 3.05) is 0 Å². The van der Waals surface area contributed by atoms with Crippen molar-refractivity contribution < 1.29 is 61.3 Å². The van der Waals surface area contributed by atoms with Crippen LogP contribution < -0.4 is 51.4 Å². The van der Waals surface area contributed by atoms with Gasteiger partial charge in [0.05, 0.1) is 0 Å². The van der Waals surface area contributed by atoms with E-state index < -0.39 is 5.97 Å². The average molecular weight is 191 g/mol. The quantitative estimate of drug-likeness (QED) is 0.392. The van der Waals surface area contributed by atoms with Crippen LogP contribution >= 0.6 is 0 Å². The zero-order chi connectivity index (χ0) is 8.69. The van der Waals surface area contributed by atoms with E-state index >= 15 is 0 Å². The van der Waals surface area contributed by atoms with Gasteiger partial charge in [-0.2, -0.15) is 12.1 Å². The molecule has 1 rings (SSSR count). The van der Waals surface area contributed by atoms with Crippen molar-refractivity contribution in [3.8, 4) is 0 Å². The van der Waals surface area contributed by atoms with E-state index in [1.807, 2.05) is 13.0 Å². The molecule has 0 bridgehead atoms. The first-order valence-corrected chi connectivity index (χ1v) is 3.11. The maximum absolute atomic E-state index is 9.00. The Morgan fingerprint density at radius 1 is 1.67 bits per heavy atom. The summed E-state index contributed by atoms with van der Waals surface area (Å²) >= 11 is 0. The van der Waals surface area contributed by atoms with Crippen LogP contribution in [-0.2, 0) is 4.79 Å². The number of aliphatic carboxylic acids is 1. The van der Waals surface area contributed by atoms with Crippen LogP contribution in [0.15, 0.2) is 18.3 Å². The molecule has 0 saturated carbocycles. The fraction of sp³-hybridized carbons (Fsp3) is 0.250. The molecule has 0 aromatic carbocycles. The molecule has 1 aromatic heterocycles. The van der Waals surface area contributed by atoms with Gasteiger partial charge in [-0.15, -0.1) is 5.56 Å². The van der Waals surface area contributed by atoms with Crippen molar-refractivity contribution in [3.05, 3.63) is 30.1 Å². The van der Waals surface area contributed by atoms with Crippen LogP contribution in [0.25, 0.3) is 0 Å². The third-order valence-electron chi connectivity index (χ3n) is 0.763. The second kappa shape index (κ2) is 9.35. The van der Waals surface area contributed by atoms with Gasteiger partial charge in [0, 0.05) is 6.92 Å². The monoisotopic (exact) mass is 191 g/mol. The number of aromatic nitrogens is 1. The van der Waals surface area contributed by atoms with Crippen molar-refractivity contribution in [1.82, 2.24) is 4.98 Å². The Bertz CT molecular complexity index is 210. The van der Waals surface area contributed by atoms with E-state index in [4.69, 9.17) is 9.90 Å². The molecule has 3 nitrogen and oxygen atoms in total. The largest absolute Gasteiger partial charge is 1.00 e. The van der Waals surface area contributed by atoms with Gasteiger partial charge in [-0.3, -0.25) is 4.79 Å². The molecule has 0 unspecified atom stereocenters. The van der Waals surface area contributed by atoms with Crippen molar-refractivity contribution in [2.45, 2.75) is 13.8 Å². The van der Waals surface area contributed by atoms with E-state index in [0.29, 0.717) is 0 Å². The molecule has 12 heavy (non-hydrogen) atoms. The fourth-order valence-electron chi connectivity index (χ4n) is 0.394. The Morgan fingerprint density at radius 2 is 2.17 bits per heavy atom. The van der Waals surface area contributed by atoms with E-state index in [0.717, 1.165) is 6.92 Å². The number of carboxylic acids is 1. The Balaban J connectivity index is 0. The summed E-state index contributed by atoms with van der Waals surface area (Å²) in [6, 6.07) is 3.77. The first kappa shape index (κ1) is 14.8. The number of nitrogens with zero attached hydrogens (tertiary/aromatic N) is 1. The summed E-state index contributed by atoms with van der Waals surface area (Å²) < 4.78 is 0. The minimum atomic E-state index is -0.833. The van der Waals surface area contributed by atoms with Crippen LogP contribution in [0.4, 0.5) is 0 Å². The summed E-state index contributed by atoms with van der Waals surface area (Å²) in [5, 5.41) is 7.42. The molecule has 1 N–H and O–H groups in total. The number of pyridine rings is 1. The van der Waals surface area contributed by atoms with Crippen LogP contribution in [0, 0.1) is 13.1 Å². The van der Waals surface area contributed by atoms with Gasteiger partial charge in [-0.1, -0.05) is 19.3 Å². The molecular formula is C8H10KNO2. The minimum Gasteiger partial charge on any atom is -0.481 e. The van der Waals surface area contributed by atoms with Crippen LogP contribution in [-0.4, -0.2) is 16.1 Å². The fourth-order valence-corrected chi connectivity index (χ4v) is 0.394. The van der Waals surface area contributed by atoms with Gasteiger partial charge in [0.1, 0.15) is 0 Å². The van der Waals surface area contributed by atoms with E-state index in [1.165, 1.54) is 5.56 Å². The molecule has 1 aromatic rings. The van der Waals surface area contributed by atoms with Gasteiger partial charge >= 0.3 is 51.4 Å². The smallest absolute Gasteiger partial charge is 0.481 e. The normalized spacial score (nSPS) is 7.17. The Morgan fingerprint density at radius 3 is 2.33 bits per heavy atom.